The van der Waals surface area contributed by atoms with Gasteiger partial charge in [0.25, 0.3) is 5.91 Å². The van der Waals surface area contributed by atoms with Crippen LogP contribution in [-0.4, -0.2) is 26.6 Å². The highest BCUT2D eigenvalue weighted by Gasteiger charge is 2.26. The summed E-state index contributed by atoms with van der Waals surface area (Å²) in [6.07, 6.45) is -0.0903. The molecule has 6 nitrogen and oxygen atoms in total. The molecule has 0 saturated heterocycles. The van der Waals surface area contributed by atoms with Crippen molar-refractivity contribution in [1.29, 1.82) is 0 Å². The Morgan fingerprint density at radius 3 is 2.00 bits per heavy atom. The molecule has 1 amide bonds. The first-order valence-electron chi connectivity index (χ1n) is 9.59. The van der Waals surface area contributed by atoms with E-state index in [0.29, 0.717) is 11.3 Å². The van der Waals surface area contributed by atoms with E-state index >= 15 is 0 Å². The van der Waals surface area contributed by atoms with E-state index in [-0.39, 0.29) is 10.5 Å². The van der Waals surface area contributed by atoms with Crippen LogP contribution in [0.15, 0.2) is 77.7 Å². The highest BCUT2D eigenvalue weighted by atomic mass is 32.2. The van der Waals surface area contributed by atoms with E-state index in [2.05, 4.69) is 5.32 Å². The summed E-state index contributed by atoms with van der Waals surface area (Å²) >= 11 is 0. The summed E-state index contributed by atoms with van der Waals surface area (Å²) in [5.41, 5.74) is 3.26. The predicted octanol–water partition coefficient (Wildman–Crippen LogP) is 4.24. The molecule has 3 aromatic carbocycles. The van der Waals surface area contributed by atoms with Crippen molar-refractivity contribution in [3.05, 3.63) is 95.1 Å². The zero-order chi connectivity index (χ0) is 22.6. The Kier molecular flexibility index (Phi) is 6.56. The molecular weight excluding hydrogens is 414 g/mol. The lowest BCUT2D eigenvalue weighted by atomic mass is 10.1. The van der Waals surface area contributed by atoms with Gasteiger partial charge in [0.1, 0.15) is 0 Å². The molecule has 31 heavy (non-hydrogen) atoms. The van der Waals surface area contributed by atoms with Gasteiger partial charge < -0.3 is 10.1 Å². The molecule has 3 aromatic rings. The van der Waals surface area contributed by atoms with Gasteiger partial charge in [-0.25, -0.2) is 13.2 Å². The lowest BCUT2D eigenvalue weighted by Crippen LogP contribution is -2.26. The predicted molar refractivity (Wildman–Crippen MR) is 119 cm³/mol. The van der Waals surface area contributed by atoms with Crippen LogP contribution in [0.3, 0.4) is 0 Å². The zero-order valence-corrected chi connectivity index (χ0v) is 18.3. The molecule has 0 saturated carbocycles. The van der Waals surface area contributed by atoms with Gasteiger partial charge in [0, 0.05) is 17.5 Å². The average Bonchev–Trinajstić information content (AvgIpc) is 2.71. The Morgan fingerprint density at radius 1 is 0.871 bits per heavy atom. The van der Waals surface area contributed by atoms with Gasteiger partial charge in [-0.05, 0) is 61.4 Å². The van der Waals surface area contributed by atoms with Crippen molar-refractivity contribution in [1.82, 2.24) is 0 Å². The third-order valence-electron chi connectivity index (χ3n) is 4.57. The van der Waals surface area contributed by atoms with Crippen molar-refractivity contribution in [3.8, 4) is 0 Å². The standard InChI is InChI=1S/C24H23NO5S/c1-16-13-17(2)15-20(14-16)25-23(26)22(18-7-5-4-6-8-18)30-24(27)19-9-11-21(12-10-19)31(3,28)29/h4-15,22H,1-3H3,(H,25,26). The van der Waals surface area contributed by atoms with Crippen LogP contribution in [0.1, 0.15) is 33.2 Å². The number of benzene rings is 3. The van der Waals surface area contributed by atoms with E-state index in [0.717, 1.165) is 17.4 Å². The monoisotopic (exact) mass is 437 g/mol. The van der Waals surface area contributed by atoms with Gasteiger partial charge >= 0.3 is 5.97 Å². The van der Waals surface area contributed by atoms with Gasteiger partial charge in [0.2, 0.25) is 6.10 Å². The number of carbonyl (C=O) groups excluding carboxylic acids is 2. The van der Waals surface area contributed by atoms with Crippen LogP contribution < -0.4 is 5.32 Å². The topological polar surface area (TPSA) is 89.5 Å². The summed E-state index contributed by atoms with van der Waals surface area (Å²) in [6, 6.07) is 19.7. The quantitative estimate of drug-likeness (QED) is 0.583. The van der Waals surface area contributed by atoms with Crippen molar-refractivity contribution in [2.75, 3.05) is 11.6 Å². The fourth-order valence-electron chi connectivity index (χ4n) is 3.17. The number of hydrogen-bond acceptors (Lipinski definition) is 5. The molecular formula is C24H23NO5S. The Balaban J connectivity index is 1.85. The molecule has 0 aliphatic heterocycles. The van der Waals surface area contributed by atoms with Gasteiger partial charge in [0.05, 0.1) is 10.5 Å². The summed E-state index contributed by atoms with van der Waals surface area (Å²) in [6.45, 7) is 3.86. The fraction of sp³-hybridized carbons (Fsp3) is 0.167. The summed E-state index contributed by atoms with van der Waals surface area (Å²) in [5, 5.41) is 2.81. The Hall–Kier alpha value is -3.45. The molecule has 0 bridgehead atoms. The molecule has 0 aromatic heterocycles. The lowest BCUT2D eigenvalue weighted by Gasteiger charge is -2.18. The van der Waals surface area contributed by atoms with E-state index < -0.39 is 27.8 Å². The van der Waals surface area contributed by atoms with E-state index in [4.69, 9.17) is 4.74 Å². The smallest absolute Gasteiger partial charge is 0.339 e. The lowest BCUT2D eigenvalue weighted by molar-refractivity contribution is -0.125. The molecule has 0 radical (unpaired) electrons. The Bertz CT molecular complexity index is 1180. The van der Waals surface area contributed by atoms with Gasteiger partial charge in [-0.15, -0.1) is 0 Å². The first kappa shape index (κ1) is 22.2. The van der Waals surface area contributed by atoms with Crippen LogP contribution in [0.2, 0.25) is 0 Å². The molecule has 1 atom stereocenters. The first-order chi connectivity index (χ1) is 14.6. The van der Waals surface area contributed by atoms with Crippen LogP contribution in [-0.2, 0) is 19.4 Å². The van der Waals surface area contributed by atoms with Crippen LogP contribution in [0.4, 0.5) is 5.69 Å². The number of esters is 1. The van der Waals surface area contributed by atoms with E-state index in [1.54, 1.807) is 30.3 Å². The number of aryl methyl sites for hydroxylation is 2. The molecule has 0 spiro atoms. The van der Waals surface area contributed by atoms with Gasteiger partial charge in [0.15, 0.2) is 9.84 Å². The highest BCUT2D eigenvalue weighted by Crippen LogP contribution is 2.23. The van der Waals surface area contributed by atoms with Gasteiger partial charge in [-0.2, -0.15) is 0 Å². The fourth-order valence-corrected chi connectivity index (χ4v) is 3.80. The second kappa shape index (κ2) is 9.14. The number of sulfone groups is 1. The molecule has 1 unspecified atom stereocenters. The van der Waals surface area contributed by atoms with Crippen molar-refractivity contribution < 1.29 is 22.7 Å². The third kappa shape index (κ3) is 5.79. The highest BCUT2D eigenvalue weighted by molar-refractivity contribution is 7.90. The molecule has 3 rings (SSSR count). The second-order valence-electron chi connectivity index (χ2n) is 7.36. The minimum Gasteiger partial charge on any atom is -0.444 e. The Morgan fingerprint density at radius 2 is 1.45 bits per heavy atom. The maximum atomic E-state index is 13.0. The number of anilines is 1. The molecule has 0 heterocycles. The summed E-state index contributed by atoms with van der Waals surface area (Å²) in [5.74, 6) is -1.22. The number of ether oxygens (including phenoxy) is 1. The van der Waals surface area contributed by atoms with Gasteiger partial charge in [-0.1, -0.05) is 36.4 Å². The summed E-state index contributed by atoms with van der Waals surface area (Å²) in [4.78, 5) is 25.8. The number of amides is 1. The largest absolute Gasteiger partial charge is 0.444 e. The summed E-state index contributed by atoms with van der Waals surface area (Å²) in [7, 11) is -3.38. The molecule has 1 N–H and O–H groups in total. The van der Waals surface area contributed by atoms with Crippen LogP contribution in [0.5, 0.6) is 0 Å². The van der Waals surface area contributed by atoms with Crippen molar-refractivity contribution in [2.45, 2.75) is 24.8 Å². The maximum Gasteiger partial charge on any atom is 0.339 e. The molecule has 0 aliphatic carbocycles. The minimum absolute atomic E-state index is 0.0937. The number of rotatable bonds is 6. The zero-order valence-electron chi connectivity index (χ0n) is 17.5. The van der Waals surface area contributed by atoms with Gasteiger partial charge in [-0.3, -0.25) is 4.79 Å². The number of hydrogen-bond donors (Lipinski definition) is 1. The van der Waals surface area contributed by atoms with E-state index in [1.165, 1.54) is 24.3 Å². The van der Waals surface area contributed by atoms with E-state index in [1.807, 2.05) is 32.0 Å². The normalized spacial score (nSPS) is 12.1. The SMILES string of the molecule is Cc1cc(C)cc(NC(=O)C(OC(=O)c2ccc(S(C)(=O)=O)cc2)c2ccccc2)c1. The number of carbonyl (C=O) groups is 2. The summed E-state index contributed by atoms with van der Waals surface area (Å²) < 4.78 is 28.8. The number of nitrogens with one attached hydrogen (secondary N) is 1. The average molecular weight is 438 g/mol. The Labute approximate surface area is 181 Å². The van der Waals surface area contributed by atoms with Crippen molar-refractivity contribution >= 4 is 27.4 Å². The van der Waals surface area contributed by atoms with Crippen LogP contribution in [0, 0.1) is 13.8 Å². The van der Waals surface area contributed by atoms with Crippen molar-refractivity contribution in [2.24, 2.45) is 0 Å². The molecule has 7 heteroatoms. The maximum absolute atomic E-state index is 13.0. The van der Waals surface area contributed by atoms with E-state index in [9.17, 15) is 18.0 Å². The minimum atomic E-state index is -3.38. The van der Waals surface area contributed by atoms with Crippen LogP contribution in [0.25, 0.3) is 0 Å². The van der Waals surface area contributed by atoms with Crippen molar-refractivity contribution in [3.63, 3.8) is 0 Å². The third-order valence-corrected chi connectivity index (χ3v) is 5.70. The van der Waals surface area contributed by atoms with Crippen LogP contribution >= 0.6 is 0 Å². The first-order valence-corrected chi connectivity index (χ1v) is 11.5. The molecule has 160 valence electrons. The molecule has 0 aliphatic rings. The second-order valence-corrected chi connectivity index (χ2v) is 9.37. The molecule has 0 fully saturated rings.